The zero-order chi connectivity index (χ0) is 17.9. The van der Waals surface area contributed by atoms with Crippen LogP contribution in [0.2, 0.25) is 0 Å². The Morgan fingerprint density at radius 3 is 1.61 bits per heavy atom. The number of ketones is 1. The van der Waals surface area contributed by atoms with E-state index in [-0.39, 0.29) is 10.8 Å². The van der Waals surface area contributed by atoms with E-state index in [1.807, 2.05) is 0 Å². The van der Waals surface area contributed by atoms with Crippen LogP contribution in [0, 0.1) is 16.7 Å². The van der Waals surface area contributed by atoms with Crippen molar-refractivity contribution in [1.82, 2.24) is 0 Å². The van der Waals surface area contributed by atoms with Crippen molar-refractivity contribution in [2.45, 2.75) is 119 Å². The van der Waals surface area contributed by atoms with Crippen LogP contribution in [0.5, 0.6) is 0 Å². The molecular formula is C22H44O. The first kappa shape index (κ1) is 22.7. The molecule has 0 bridgehead atoms. The quantitative estimate of drug-likeness (QED) is 0.319. The average Bonchev–Trinajstić information content (AvgIpc) is 2.37. The molecule has 0 aromatic heterocycles. The molecule has 0 heterocycles. The van der Waals surface area contributed by atoms with Gasteiger partial charge >= 0.3 is 0 Å². The highest BCUT2D eigenvalue weighted by molar-refractivity contribution is 5.84. The average molecular weight is 325 g/mol. The van der Waals surface area contributed by atoms with Crippen LogP contribution in [0.4, 0.5) is 0 Å². The van der Waals surface area contributed by atoms with E-state index in [0.29, 0.717) is 5.78 Å². The Morgan fingerprint density at radius 1 is 0.739 bits per heavy atom. The number of Topliss-reactive ketones (excluding diaryl/α,β-unsaturated/α-hetero) is 1. The smallest absolute Gasteiger partial charge is 0.138 e. The molecule has 0 unspecified atom stereocenters. The fourth-order valence-corrected chi connectivity index (χ4v) is 3.66. The van der Waals surface area contributed by atoms with Gasteiger partial charge in [-0.25, -0.2) is 0 Å². The topological polar surface area (TPSA) is 17.1 Å². The summed E-state index contributed by atoms with van der Waals surface area (Å²) in [5, 5.41) is 0. The van der Waals surface area contributed by atoms with E-state index in [4.69, 9.17) is 0 Å². The molecule has 0 atom stereocenters. The summed E-state index contributed by atoms with van der Waals surface area (Å²) < 4.78 is 0. The lowest BCUT2D eigenvalue weighted by Gasteiger charge is -2.31. The maximum absolute atomic E-state index is 12.4. The predicted octanol–water partition coefficient (Wildman–Crippen LogP) is 7.57. The Morgan fingerprint density at radius 2 is 1.17 bits per heavy atom. The Hall–Kier alpha value is -0.330. The van der Waals surface area contributed by atoms with Crippen LogP contribution in [0.1, 0.15) is 119 Å². The van der Waals surface area contributed by atoms with Crippen LogP contribution in [-0.2, 0) is 4.79 Å². The van der Waals surface area contributed by atoms with E-state index in [1.165, 1.54) is 51.4 Å². The number of carbonyl (C=O) groups excluding carboxylic acids is 1. The molecule has 0 aromatic rings. The highest BCUT2D eigenvalue weighted by atomic mass is 16.1. The normalized spacial score (nSPS) is 12.9. The van der Waals surface area contributed by atoms with Gasteiger partial charge in [-0.05, 0) is 24.2 Å². The van der Waals surface area contributed by atoms with Gasteiger partial charge in [0.25, 0.3) is 0 Å². The van der Waals surface area contributed by atoms with Gasteiger partial charge in [0.15, 0.2) is 0 Å². The second kappa shape index (κ2) is 11.3. The first-order valence-electron chi connectivity index (χ1n) is 10.1. The first-order chi connectivity index (χ1) is 10.5. The predicted molar refractivity (Wildman–Crippen MR) is 104 cm³/mol. The van der Waals surface area contributed by atoms with Crippen molar-refractivity contribution in [1.29, 1.82) is 0 Å². The molecule has 0 fully saturated rings. The Labute approximate surface area is 147 Å². The van der Waals surface area contributed by atoms with Gasteiger partial charge in [-0.2, -0.15) is 0 Å². The van der Waals surface area contributed by atoms with E-state index in [9.17, 15) is 4.79 Å². The largest absolute Gasteiger partial charge is 0.299 e. The molecule has 0 amide bonds. The number of hydrogen-bond acceptors (Lipinski definition) is 1. The minimum atomic E-state index is -0.158. The summed E-state index contributed by atoms with van der Waals surface area (Å²) >= 11 is 0. The minimum Gasteiger partial charge on any atom is -0.299 e. The number of carbonyl (C=O) groups is 1. The third-order valence-electron chi connectivity index (χ3n) is 4.66. The third-order valence-corrected chi connectivity index (χ3v) is 4.66. The molecular weight excluding hydrogens is 280 g/mol. The van der Waals surface area contributed by atoms with E-state index < -0.39 is 0 Å². The molecule has 0 saturated heterocycles. The molecule has 0 aromatic carbocycles. The lowest BCUT2D eigenvalue weighted by Crippen LogP contribution is -2.29. The maximum atomic E-state index is 12.4. The Bertz CT molecular complexity index is 306. The second-order valence-corrected chi connectivity index (χ2v) is 9.81. The van der Waals surface area contributed by atoms with Gasteiger partial charge in [-0.3, -0.25) is 4.79 Å². The lowest BCUT2D eigenvalue weighted by molar-refractivity contribution is -0.128. The summed E-state index contributed by atoms with van der Waals surface area (Å²) in [5.74, 6) is 1.32. The van der Waals surface area contributed by atoms with Gasteiger partial charge in [-0.15, -0.1) is 0 Å². The van der Waals surface area contributed by atoms with E-state index in [0.717, 1.165) is 25.2 Å². The lowest BCUT2D eigenvalue weighted by atomic mass is 9.73. The third kappa shape index (κ3) is 13.8. The van der Waals surface area contributed by atoms with Crippen molar-refractivity contribution in [2.75, 3.05) is 0 Å². The van der Waals surface area contributed by atoms with Gasteiger partial charge in [0.1, 0.15) is 5.78 Å². The fraction of sp³-hybridized carbons (Fsp3) is 0.955. The molecule has 1 heteroatoms. The van der Waals surface area contributed by atoms with Crippen molar-refractivity contribution in [2.24, 2.45) is 16.7 Å². The Balaban J connectivity index is 3.59. The van der Waals surface area contributed by atoms with Gasteiger partial charge in [0, 0.05) is 11.8 Å². The molecule has 0 radical (unpaired) electrons. The molecule has 0 N–H and O–H groups in total. The van der Waals surface area contributed by atoms with E-state index >= 15 is 0 Å². The molecule has 0 rings (SSSR count). The van der Waals surface area contributed by atoms with Gasteiger partial charge in [-0.1, -0.05) is 99.8 Å². The zero-order valence-electron chi connectivity index (χ0n) is 17.3. The number of hydrogen-bond donors (Lipinski definition) is 0. The molecule has 0 aliphatic heterocycles. The fourth-order valence-electron chi connectivity index (χ4n) is 3.66. The summed E-state index contributed by atoms with van der Waals surface area (Å²) in [6.07, 6.45) is 13.7. The van der Waals surface area contributed by atoms with Crippen LogP contribution < -0.4 is 0 Å². The first-order valence-corrected chi connectivity index (χ1v) is 10.1. The summed E-state index contributed by atoms with van der Waals surface area (Å²) in [6.45, 7) is 15.5. The SMILES string of the molecule is CC(C)CCCCCCCCCCC(=O)C(C)(C)CC(C)(C)C. The van der Waals surface area contributed by atoms with Crippen LogP contribution >= 0.6 is 0 Å². The number of rotatable bonds is 13. The molecule has 0 spiro atoms. The van der Waals surface area contributed by atoms with Crippen molar-refractivity contribution in [3.05, 3.63) is 0 Å². The molecule has 0 aliphatic carbocycles. The van der Waals surface area contributed by atoms with Crippen molar-refractivity contribution < 1.29 is 4.79 Å². The highest BCUT2D eigenvalue weighted by Crippen LogP contribution is 2.35. The maximum Gasteiger partial charge on any atom is 0.138 e. The molecule has 1 nitrogen and oxygen atoms in total. The van der Waals surface area contributed by atoms with Gasteiger partial charge in [0.05, 0.1) is 0 Å². The van der Waals surface area contributed by atoms with Crippen molar-refractivity contribution >= 4 is 5.78 Å². The molecule has 138 valence electrons. The summed E-state index contributed by atoms with van der Waals surface area (Å²) in [4.78, 5) is 12.4. The van der Waals surface area contributed by atoms with Crippen LogP contribution in [0.25, 0.3) is 0 Å². The van der Waals surface area contributed by atoms with Crippen LogP contribution in [0.15, 0.2) is 0 Å². The van der Waals surface area contributed by atoms with Crippen LogP contribution in [-0.4, -0.2) is 5.78 Å². The Kier molecular flexibility index (Phi) is 11.1. The van der Waals surface area contributed by atoms with Gasteiger partial charge in [0.2, 0.25) is 0 Å². The molecule has 0 aliphatic rings. The summed E-state index contributed by atoms with van der Waals surface area (Å²) in [5.41, 5.74) is 0.0728. The standard InChI is InChI=1S/C22H44O/c1-19(2)16-14-12-10-8-9-11-13-15-17-20(23)22(6,7)18-21(3,4)5/h19H,8-18H2,1-7H3. The van der Waals surface area contributed by atoms with Crippen molar-refractivity contribution in [3.8, 4) is 0 Å². The monoisotopic (exact) mass is 324 g/mol. The minimum absolute atomic E-state index is 0.158. The summed E-state index contributed by atoms with van der Waals surface area (Å²) in [6, 6.07) is 0. The zero-order valence-corrected chi connectivity index (χ0v) is 17.3. The van der Waals surface area contributed by atoms with E-state index in [1.54, 1.807) is 0 Å². The second-order valence-electron chi connectivity index (χ2n) is 9.81. The van der Waals surface area contributed by atoms with Crippen LogP contribution in [0.3, 0.4) is 0 Å². The van der Waals surface area contributed by atoms with Gasteiger partial charge < -0.3 is 0 Å². The molecule has 0 saturated carbocycles. The van der Waals surface area contributed by atoms with Crippen molar-refractivity contribution in [3.63, 3.8) is 0 Å². The molecule has 23 heavy (non-hydrogen) atoms. The highest BCUT2D eigenvalue weighted by Gasteiger charge is 2.31. The van der Waals surface area contributed by atoms with E-state index in [2.05, 4.69) is 48.5 Å². The summed E-state index contributed by atoms with van der Waals surface area (Å²) in [7, 11) is 0. The number of unbranched alkanes of at least 4 members (excludes halogenated alkanes) is 7.